The summed E-state index contributed by atoms with van der Waals surface area (Å²) in [5, 5.41) is 5.63. The second-order valence-corrected chi connectivity index (χ2v) is 6.66. The summed E-state index contributed by atoms with van der Waals surface area (Å²) in [6.07, 6.45) is 2.24. The first kappa shape index (κ1) is 18.8. The van der Waals surface area contributed by atoms with Crippen LogP contribution < -0.4 is 20.1 Å². The second kappa shape index (κ2) is 8.12. The Labute approximate surface area is 158 Å². The van der Waals surface area contributed by atoms with Crippen molar-refractivity contribution in [3.63, 3.8) is 0 Å². The third kappa shape index (κ3) is 4.39. The summed E-state index contributed by atoms with van der Waals surface area (Å²) in [5.41, 5.74) is 3.67. The lowest BCUT2D eigenvalue weighted by Gasteiger charge is -2.15. The number of carbonyl (C=O) groups is 2. The van der Waals surface area contributed by atoms with Gasteiger partial charge in [-0.15, -0.1) is 0 Å². The SMILES string of the molecule is COc1cc2c(cc1OC)C(CC(=O)Nc1cccc(NC(C)=O)c1)CC2. The smallest absolute Gasteiger partial charge is 0.224 e. The van der Waals surface area contributed by atoms with Gasteiger partial charge in [-0.1, -0.05) is 6.07 Å². The van der Waals surface area contributed by atoms with Crippen LogP contribution in [0.5, 0.6) is 11.5 Å². The maximum absolute atomic E-state index is 12.5. The van der Waals surface area contributed by atoms with E-state index in [-0.39, 0.29) is 17.7 Å². The molecule has 2 aromatic rings. The largest absolute Gasteiger partial charge is 0.493 e. The Balaban J connectivity index is 1.69. The van der Waals surface area contributed by atoms with Crippen molar-refractivity contribution in [1.29, 1.82) is 0 Å². The van der Waals surface area contributed by atoms with Crippen LogP contribution in [0.3, 0.4) is 0 Å². The Bertz CT molecular complexity index is 863. The van der Waals surface area contributed by atoms with Gasteiger partial charge < -0.3 is 20.1 Å². The molecule has 6 nitrogen and oxygen atoms in total. The predicted molar refractivity (Wildman–Crippen MR) is 105 cm³/mol. The quantitative estimate of drug-likeness (QED) is 0.815. The number of anilines is 2. The van der Waals surface area contributed by atoms with E-state index in [9.17, 15) is 9.59 Å². The minimum Gasteiger partial charge on any atom is -0.493 e. The van der Waals surface area contributed by atoms with E-state index in [0.717, 1.165) is 24.2 Å². The van der Waals surface area contributed by atoms with Crippen LogP contribution >= 0.6 is 0 Å². The van der Waals surface area contributed by atoms with Crippen molar-refractivity contribution < 1.29 is 19.1 Å². The van der Waals surface area contributed by atoms with Crippen molar-refractivity contribution in [3.05, 3.63) is 47.5 Å². The van der Waals surface area contributed by atoms with E-state index in [1.807, 2.05) is 12.1 Å². The van der Waals surface area contributed by atoms with Crippen LogP contribution in [-0.4, -0.2) is 26.0 Å². The first-order chi connectivity index (χ1) is 13.0. The van der Waals surface area contributed by atoms with Gasteiger partial charge in [-0.25, -0.2) is 0 Å². The molecule has 3 rings (SSSR count). The highest BCUT2D eigenvalue weighted by Gasteiger charge is 2.27. The minimum atomic E-state index is -0.148. The van der Waals surface area contributed by atoms with Gasteiger partial charge in [0.25, 0.3) is 0 Å². The molecule has 0 heterocycles. The van der Waals surface area contributed by atoms with E-state index < -0.39 is 0 Å². The molecule has 0 saturated carbocycles. The number of fused-ring (bicyclic) bond motifs is 1. The molecule has 142 valence electrons. The summed E-state index contributed by atoms with van der Waals surface area (Å²) in [7, 11) is 3.24. The Morgan fingerprint density at radius 2 is 1.70 bits per heavy atom. The molecule has 2 N–H and O–H groups in total. The highest BCUT2D eigenvalue weighted by atomic mass is 16.5. The molecule has 1 aliphatic carbocycles. The molecule has 2 amide bonds. The van der Waals surface area contributed by atoms with Crippen molar-refractivity contribution in [3.8, 4) is 11.5 Å². The van der Waals surface area contributed by atoms with Crippen LogP contribution in [0.15, 0.2) is 36.4 Å². The zero-order chi connectivity index (χ0) is 19.4. The number of hydrogen-bond donors (Lipinski definition) is 2. The van der Waals surface area contributed by atoms with E-state index in [1.54, 1.807) is 38.5 Å². The van der Waals surface area contributed by atoms with Crippen LogP contribution in [0, 0.1) is 0 Å². The number of benzene rings is 2. The van der Waals surface area contributed by atoms with Gasteiger partial charge >= 0.3 is 0 Å². The van der Waals surface area contributed by atoms with Crippen LogP contribution in [0.1, 0.15) is 36.8 Å². The molecule has 0 bridgehead atoms. The summed E-state index contributed by atoms with van der Waals surface area (Å²) in [4.78, 5) is 23.7. The van der Waals surface area contributed by atoms with Crippen LogP contribution in [-0.2, 0) is 16.0 Å². The van der Waals surface area contributed by atoms with Crippen molar-refractivity contribution in [2.75, 3.05) is 24.9 Å². The van der Waals surface area contributed by atoms with Crippen molar-refractivity contribution in [1.82, 2.24) is 0 Å². The van der Waals surface area contributed by atoms with Crippen LogP contribution in [0.2, 0.25) is 0 Å². The average Bonchev–Trinajstić information content (AvgIpc) is 3.01. The molecule has 1 aliphatic rings. The molecule has 27 heavy (non-hydrogen) atoms. The molecule has 0 aromatic heterocycles. The summed E-state index contributed by atoms with van der Waals surface area (Å²) in [6.45, 7) is 1.45. The number of amides is 2. The molecular formula is C21H24N2O4. The normalized spacial score (nSPS) is 15.0. The molecule has 6 heteroatoms. The van der Waals surface area contributed by atoms with Gasteiger partial charge in [0.15, 0.2) is 11.5 Å². The lowest BCUT2D eigenvalue weighted by atomic mass is 9.97. The van der Waals surface area contributed by atoms with E-state index in [0.29, 0.717) is 23.5 Å². The maximum Gasteiger partial charge on any atom is 0.224 e. The van der Waals surface area contributed by atoms with E-state index in [1.165, 1.54) is 12.5 Å². The lowest BCUT2D eigenvalue weighted by molar-refractivity contribution is -0.116. The summed E-state index contributed by atoms with van der Waals surface area (Å²) in [6, 6.07) is 11.1. The zero-order valence-electron chi connectivity index (χ0n) is 15.8. The van der Waals surface area contributed by atoms with Gasteiger partial charge in [0.2, 0.25) is 11.8 Å². The van der Waals surface area contributed by atoms with Gasteiger partial charge in [-0.3, -0.25) is 9.59 Å². The van der Waals surface area contributed by atoms with Crippen LogP contribution in [0.4, 0.5) is 11.4 Å². The van der Waals surface area contributed by atoms with Gasteiger partial charge in [0, 0.05) is 24.7 Å². The van der Waals surface area contributed by atoms with Gasteiger partial charge in [0.1, 0.15) is 0 Å². The monoisotopic (exact) mass is 368 g/mol. The Hall–Kier alpha value is -3.02. The molecular weight excluding hydrogens is 344 g/mol. The summed E-state index contributed by atoms with van der Waals surface area (Å²) < 4.78 is 10.8. The predicted octanol–water partition coefficient (Wildman–Crippen LogP) is 3.72. The topological polar surface area (TPSA) is 76.7 Å². The molecule has 0 aliphatic heterocycles. The molecule has 0 fully saturated rings. The zero-order valence-corrected chi connectivity index (χ0v) is 15.8. The Kier molecular flexibility index (Phi) is 5.64. The fourth-order valence-electron chi connectivity index (χ4n) is 3.54. The number of aryl methyl sites for hydroxylation is 1. The second-order valence-electron chi connectivity index (χ2n) is 6.66. The Morgan fingerprint density at radius 3 is 2.37 bits per heavy atom. The fraction of sp³-hybridized carbons (Fsp3) is 0.333. The fourth-order valence-corrected chi connectivity index (χ4v) is 3.54. The van der Waals surface area contributed by atoms with E-state index in [4.69, 9.17) is 9.47 Å². The van der Waals surface area contributed by atoms with Gasteiger partial charge in [-0.2, -0.15) is 0 Å². The standard InChI is InChI=1S/C21H24N2O4/c1-13(24)22-16-5-4-6-17(11-16)23-21(25)10-15-8-7-14-9-19(26-2)20(27-3)12-18(14)15/h4-6,9,11-12,15H,7-8,10H2,1-3H3,(H,22,24)(H,23,25). The number of methoxy groups -OCH3 is 2. The molecule has 1 atom stereocenters. The number of nitrogens with one attached hydrogen (secondary N) is 2. The average molecular weight is 368 g/mol. The third-order valence-electron chi connectivity index (χ3n) is 4.75. The van der Waals surface area contributed by atoms with Gasteiger partial charge in [0.05, 0.1) is 14.2 Å². The first-order valence-corrected chi connectivity index (χ1v) is 8.92. The van der Waals surface area contributed by atoms with Gasteiger partial charge in [-0.05, 0) is 60.2 Å². The van der Waals surface area contributed by atoms with E-state index in [2.05, 4.69) is 10.6 Å². The first-order valence-electron chi connectivity index (χ1n) is 8.92. The number of rotatable bonds is 6. The molecule has 0 saturated heterocycles. The highest BCUT2D eigenvalue weighted by molar-refractivity contribution is 5.93. The summed E-state index contributed by atoms with van der Waals surface area (Å²) >= 11 is 0. The molecule has 1 unspecified atom stereocenters. The van der Waals surface area contributed by atoms with Crippen molar-refractivity contribution in [2.24, 2.45) is 0 Å². The number of ether oxygens (including phenoxy) is 2. The van der Waals surface area contributed by atoms with Crippen molar-refractivity contribution >= 4 is 23.2 Å². The minimum absolute atomic E-state index is 0.0531. The third-order valence-corrected chi connectivity index (χ3v) is 4.75. The lowest BCUT2D eigenvalue weighted by Crippen LogP contribution is -2.15. The molecule has 0 spiro atoms. The van der Waals surface area contributed by atoms with Crippen LogP contribution in [0.25, 0.3) is 0 Å². The highest BCUT2D eigenvalue weighted by Crippen LogP contribution is 2.41. The Morgan fingerprint density at radius 1 is 1.04 bits per heavy atom. The molecule has 2 aromatic carbocycles. The maximum atomic E-state index is 12.5. The number of carbonyl (C=O) groups excluding carboxylic acids is 2. The summed E-state index contributed by atoms with van der Waals surface area (Å²) in [5.74, 6) is 1.36. The van der Waals surface area contributed by atoms with E-state index >= 15 is 0 Å². The molecule has 0 radical (unpaired) electrons. The number of hydrogen-bond acceptors (Lipinski definition) is 4. The van der Waals surface area contributed by atoms with Crippen molar-refractivity contribution in [2.45, 2.75) is 32.1 Å².